The number of aromatic hydroxyl groups is 1. The molecule has 3 rings (SSSR count). The number of para-hydroxylation sites is 1. The molecule has 1 aliphatic carbocycles. The number of hydrogen-bond donors (Lipinski definition) is 2. The molecule has 0 atom stereocenters. The summed E-state index contributed by atoms with van der Waals surface area (Å²) in [5, 5.41) is 12.9. The highest BCUT2D eigenvalue weighted by Crippen LogP contribution is 2.33. The van der Waals surface area contributed by atoms with Crippen LogP contribution in [0.4, 0.5) is 0 Å². The molecule has 1 amide bonds. The quantitative estimate of drug-likeness (QED) is 0.777. The van der Waals surface area contributed by atoms with E-state index in [1.54, 1.807) is 13.0 Å². The van der Waals surface area contributed by atoms with E-state index in [2.05, 4.69) is 5.32 Å². The zero-order valence-electron chi connectivity index (χ0n) is 15.7. The average Bonchev–Trinajstić information content (AvgIpc) is 3.05. The molecule has 6 heteroatoms. The molecule has 0 radical (unpaired) electrons. The van der Waals surface area contributed by atoms with Gasteiger partial charge in [0.1, 0.15) is 11.3 Å². The van der Waals surface area contributed by atoms with Gasteiger partial charge < -0.3 is 15.2 Å². The zero-order valence-corrected chi connectivity index (χ0v) is 16.5. The smallest absolute Gasteiger partial charge is 0.332 e. The summed E-state index contributed by atoms with van der Waals surface area (Å²) in [5.74, 6) is -1.36. The van der Waals surface area contributed by atoms with Crippen LogP contribution in [-0.4, -0.2) is 29.1 Å². The first-order valence-corrected chi connectivity index (χ1v) is 9.38. The summed E-state index contributed by atoms with van der Waals surface area (Å²) in [6, 6.07) is 12.2. The molecule has 2 aromatic carbocycles. The molecule has 0 heterocycles. The first-order chi connectivity index (χ1) is 13.0. The SMILES string of the molecule is CC.CCOC(=O)C1(NC(=O)c2cccc(Cl)c2O)Cc2ccccc2C1. The van der Waals surface area contributed by atoms with Crippen molar-refractivity contribution in [3.63, 3.8) is 0 Å². The van der Waals surface area contributed by atoms with Gasteiger partial charge in [-0.3, -0.25) is 4.79 Å². The lowest BCUT2D eigenvalue weighted by Gasteiger charge is -2.28. The van der Waals surface area contributed by atoms with Crippen molar-refractivity contribution in [2.75, 3.05) is 6.61 Å². The van der Waals surface area contributed by atoms with Crippen LogP contribution in [-0.2, 0) is 22.4 Å². The summed E-state index contributed by atoms with van der Waals surface area (Å²) in [5.41, 5.74) is 0.815. The number of benzene rings is 2. The number of rotatable bonds is 4. The van der Waals surface area contributed by atoms with E-state index in [-0.39, 0.29) is 22.9 Å². The number of carbonyl (C=O) groups is 2. The van der Waals surface area contributed by atoms with Crippen LogP contribution in [0.15, 0.2) is 42.5 Å². The van der Waals surface area contributed by atoms with Crippen molar-refractivity contribution in [3.05, 3.63) is 64.2 Å². The number of nitrogens with one attached hydrogen (secondary N) is 1. The molecule has 0 fully saturated rings. The number of halogens is 1. The minimum atomic E-state index is -1.19. The molecule has 0 aromatic heterocycles. The third-order valence-corrected chi connectivity index (χ3v) is 4.66. The molecule has 144 valence electrons. The molecule has 0 saturated heterocycles. The van der Waals surface area contributed by atoms with Gasteiger partial charge >= 0.3 is 5.97 Å². The summed E-state index contributed by atoms with van der Waals surface area (Å²) >= 11 is 5.87. The molecule has 2 aromatic rings. The lowest BCUT2D eigenvalue weighted by molar-refractivity contribution is -0.150. The number of carbonyl (C=O) groups excluding carboxylic acids is 2. The number of amides is 1. The van der Waals surface area contributed by atoms with Gasteiger partial charge in [0.25, 0.3) is 5.91 Å². The lowest BCUT2D eigenvalue weighted by Crippen LogP contribution is -2.56. The van der Waals surface area contributed by atoms with Crippen LogP contribution >= 0.6 is 11.6 Å². The van der Waals surface area contributed by atoms with Crippen molar-refractivity contribution in [1.82, 2.24) is 5.32 Å². The van der Waals surface area contributed by atoms with E-state index in [0.29, 0.717) is 12.8 Å². The lowest BCUT2D eigenvalue weighted by atomic mass is 9.95. The van der Waals surface area contributed by atoms with Crippen molar-refractivity contribution in [3.8, 4) is 5.75 Å². The fourth-order valence-electron chi connectivity index (χ4n) is 3.15. The molecule has 0 aliphatic heterocycles. The Labute approximate surface area is 164 Å². The van der Waals surface area contributed by atoms with Crippen LogP contribution in [0.3, 0.4) is 0 Å². The molecule has 1 aliphatic rings. The van der Waals surface area contributed by atoms with Gasteiger partial charge in [-0.05, 0) is 30.2 Å². The first kappa shape index (κ1) is 20.8. The van der Waals surface area contributed by atoms with Crippen LogP contribution in [0.2, 0.25) is 5.02 Å². The Morgan fingerprint density at radius 2 is 1.70 bits per heavy atom. The van der Waals surface area contributed by atoms with Gasteiger partial charge in [0.2, 0.25) is 0 Å². The summed E-state index contributed by atoms with van der Waals surface area (Å²) in [4.78, 5) is 25.3. The van der Waals surface area contributed by atoms with E-state index in [1.165, 1.54) is 12.1 Å². The molecule has 5 nitrogen and oxygen atoms in total. The number of fused-ring (bicyclic) bond motifs is 1. The maximum Gasteiger partial charge on any atom is 0.332 e. The third kappa shape index (κ3) is 4.25. The Kier molecular flexibility index (Phi) is 6.86. The summed E-state index contributed by atoms with van der Waals surface area (Å²) in [6.45, 7) is 5.94. The Bertz CT molecular complexity index is 810. The monoisotopic (exact) mass is 389 g/mol. The summed E-state index contributed by atoms with van der Waals surface area (Å²) in [6.07, 6.45) is 0.685. The van der Waals surface area contributed by atoms with Crippen molar-refractivity contribution < 1.29 is 19.4 Å². The van der Waals surface area contributed by atoms with Crippen molar-refractivity contribution in [1.29, 1.82) is 0 Å². The van der Waals surface area contributed by atoms with E-state index in [1.807, 2.05) is 38.1 Å². The van der Waals surface area contributed by atoms with Crippen LogP contribution in [0.5, 0.6) is 5.75 Å². The van der Waals surface area contributed by atoms with E-state index >= 15 is 0 Å². The molecule has 0 unspecified atom stereocenters. The Morgan fingerprint density at radius 3 is 2.26 bits per heavy atom. The topological polar surface area (TPSA) is 75.6 Å². The standard InChI is InChI=1S/C19H18ClNO4.C2H6/c1-2-25-18(24)19(10-12-6-3-4-7-13(12)11-19)21-17(23)14-8-5-9-15(20)16(14)22;1-2/h3-9,22H,2,10-11H2,1H3,(H,21,23);1-2H3. The fraction of sp³-hybridized carbons (Fsp3) is 0.333. The summed E-state index contributed by atoms with van der Waals surface area (Å²) < 4.78 is 5.21. The normalized spacial score (nSPS) is 13.8. The Morgan fingerprint density at radius 1 is 1.11 bits per heavy atom. The third-order valence-electron chi connectivity index (χ3n) is 4.35. The average molecular weight is 390 g/mol. The maximum atomic E-state index is 12.7. The number of hydrogen-bond acceptors (Lipinski definition) is 4. The van der Waals surface area contributed by atoms with Gasteiger partial charge in [-0.15, -0.1) is 0 Å². The second-order valence-corrected chi connectivity index (χ2v) is 6.42. The molecule has 27 heavy (non-hydrogen) atoms. The minimum Gasteiger partial charge on any atom is -0.506 e. The van der Waals surface area contributed by atoms with Crippen molar-refractivity contribution in [2.45, 2.75) is 39.2 Å². The highest BCUT2D eigenvalue weighted by Gasteiger charge is 2.46. The second kappa shape index (κ2) is 8.91. The molecule has 0 saturated carbocycles. The van der Waals surface area contributed by atoms with Gasteiger partial charge in [0.05, 0.1) is 17.2 Å². The number of phenols is 1. The highest BCUT2D eigenvalue weighted by atomic mass is 35.5. The zero-order chi connectivity index (χ0) is 20.0. The largest absolute Gasteiger partial charge is 0.506 e. The minimum absolute atomic E-state index is 0.0205. The van der Waals surface area contributed by atoms with Gasteiger partial charge in [0.15, 0.2) is 0 Å². The predicted octanol–water partition coefficient (Wildman–Crippen LogP) is 3.90. The van der Waals surface area contributed by atoms with Crippen molar-refractivity contribution >= 4 is 23.5 Å². The van der Waals surface area contributed by atoms with Gasteiger partial charge in [-0.2, -0.15) is 0 Å². The van der Waals surface area contributed by atoms with E-state index < -0.39 is 17.4 Å². The first-order valence-electron chi connectivity index (χ1n) is 9.01. The van der Waals surface area contributed by atoms with Gasteiger partial charge in [0, 0.05) is 12.8 Å². The van der Waals surface area contributed by atoms with E-state index in [9.17, 15) is 14.7 Å². The predicted molar refractivity (Wildman–Crippen MR) is 105 cm³/mol. The Balaban J connectivity index is 0.00000126. The fourth-order valence-corrected chi connectivity index (χ4v) is 3.33. The number of esters is 1. The van der Waals surface area contributed by atoms with Gasteiger partial charge in [-0.1, -0.05) is 55.8 Å². The highest BCUT2D eigenvalue weighted by molar-refractivity contribution is 6.32. The maximum absolute atomic E-state index is 12.7. The molecular formula is C21H24ClNO4. The van der Waals surface area contributed by atoms with E-state index in [0.717, 1.165) is 11.1 Å². The van der Waals surface area contributed by atoms with Crippen LogP contribution in [0.25, 0.3) is 0 Å². The van der Waals surface area contributed by atoms with Crippen LogP contribution < -0.4 is 5.32 Å². The summed E-state index contributed by atoms with van der Waals surface area (Å²) in [7, 11) is 0. The van der Waals surface area contributed by atoms with Crippen LogP contribution in [0, 0.1) is 0 Å². The van der Waals surface area contributed by atoms with Crippen molar-refractivity contribution in [2.24, 2.45) is 0 Å². The Hall–Kier alpha value is -2.53. The molecular weight excluding hydrogens is 366 g/mol. The number of phenolic OH excluding ortho intramolecular Hbond substituents is 1. The molecule has 0 bridgehead atoms. The molecule has 0 spiro atoms. The number of ether oxygens (including phenoxy) is 1. The molecule has 2 N–H and O–H groups in total. The van der Waals surface area contributed by atoms with E-state index in [4.69, 9.17) is 16.3 Å². The van der Waals surface area contributed by atoms with Gasteiger partial charge in [-0.25, -0.2) is 4.79 Å². The van der Waals surface area contributed by atoms with Crippen LogP contribution in [0.1, 0.15) is 42.3 Å². The second-order valence-electron chi connectivity index (χ2n) is 6.01.